The van der Waals surface area contributed by atoms with Gasteiger partial charge >= 0.3 is 0 Å². The lowest BCUT2D eigenvalue weighted by atomic mass is 10.2. The van der Waals surface area contributed by atoms with Gasteiger partial charge in [-0.1, -0.05) is 19.9 Å². The van der Waals surface area contributed by atoms with Crippen LogP contribution in [0.4, 0.5) is 8.78 Å². The summed E-state index contributed by atoms with van der Waals surface area (Å²) in [5, 5.41) is 3.32. The molecule has 0 amide bonds. The number of rotatable bonds is 8. The summed E-state index contributed by atoms with van der Waals surface area (Å²) in [6, 6.07) is 4.47. The molecule has 102 valence electrons. The minimum absolute atomic E-state index is 0.00435. The molecule has 1 N–H and O–H groups in total. The SMILES string of the molecule is CC(C)NCCCCCOc1cccc(F)c1F. The zero-order chi connectivity index (χ0) is 13.4. The van der Waals surface area contributed by atoms with Crippen LogP contribution in [0.5, 0.6) is 5.75 Å². The van der Waals surface area contributed by atoms with Crippen molar-refractivity contribution in [2.45, 2.75) is 39.2 Å². The first-order chi connectivity index (χ1) is 8.61. The van der Waals surface area contributed by atoms with Crippen molar-refractivity contribution in [2.75, 3.05) is 13.2 Å². The number of benzene rings is 1. The number of hydrogen-bond donors (Lipinski definition) is 1. The van der Waals surface area contributed by atoms with Gasteiger partial charge in [0, 0.05) is 6.04 Å². The fourth-order valence-electron chi connectivity index (χ4n) is 1.57. The molecule has 0 aliphatic rings. The van der Waals surface area contributed by atoms with Gasteiger partial charge in [0.2, 0.25) is 5.82 Å². The lowest BCUT2D eigenvalue weighted by Gasteiger charge is -2.09. The number of unbranched alkanes of at least 4 members (excludes halogenated alkanes) is 2. The standard InChI is InChI=1S/C14H21F2NO/c1-11(2)17-9-4-3-5-10-18-13-8-6-7-12(15)14(13)16/h6-8,11,17H,3-5,9-10H2,1-2H3. The largest absolute Gasteiger partial charge is 0.490 e. The predicted molar refractivity (Wildman–Crippen MR) is 68.8 cm³/mol. The normalized spacial score (nSPS) is 10.9. The Hall–Kier alpha value is -1.16. The summed E-state index contributed by atoms with van der Waals surface area (Å²) < 4.78 is 31.3. The van der Waals surface area contributed by atoms with Gasteiger partial charge in [0.15, 0.2) is 11.6 Å². The van der Waals surface area contributed by atoms with E-state index in [0.29, 0.717) is 12.6 Å². The zero-order valence-corrected chi connectivity index (χ0v) is 11.0. The second-order valence-corrected chi connectivity index (χ2v) is 4.57. The summed E-state index contributed by atoms with van der Waals surface area (Å²) >= 11 is 0. The highest BCUT2D eigenvalue weighted by atomic mass is 19.2. The molecule has 0 heterocycles. The van der Waals surface area contributed by atoms with Gasteiger partial charge in [-0.3, -0.25) is 0 Å². The van der Waals surface area contributed by atoms with Crippen molar-refractivity contribution in [1.82, 2.24) is 5.32 Å². The lowest BCUT2D eigenvalue weighted by molar-refractivity contribution is 0.285. The molecule has 0 atom stereocenters. The summed E-state index contributed by atoms with van der Waals surface area (Å²) in [6.45, 7) is 5.61. The van der Waals surface area contributed by atoms with Crippen LogP contribution in [0.2, 0.25) is 0 Å². The monoisotopic (exact) mass is 257 g/mol. The number of ether oxygens (including phenoxy) is 1. The van der Waals surface area contributed by atoms with Crippen molar-refractivity contribution >= 4 is 0 Å². The Bertz CT molecular complexity index is 356. The molecule has 18 heavy (non-hydrogen) atoms. The van der Waals surface area contributed by atoms with Crippen molar-refractivity contribution in [3.8, 4) is 5.75 Å². The van der Waals surface area contributed by atoms with Gasteiger partial charge in [0.25, 0.3) is 0 Å². The van der Waals surface area contributed by atoms with E-state index in [1.165, 1.54) is 12.1 Å². The number of halogens is 2. The maximum Gasteiger partial charge on any atom is 0.200 e. The third-order valence-corrected chi connectivity index (χ3v) is 2.55. The van der Waals surface area contributed by atoms with Gasteiger partial charge in [-0.2, -0.15) is 4.39 Å². The Kier molecular flexibility index (Phi) is 6.65. The van der Waals surface area contributed by atoms with Crippen LogP contribution < -0.4 is 10.1 Å². The molecule has 1 rings (SSSR count). The molecule has 0 aromatic heterocycles. The summed E-state index contributed by atoms with van der Waals surface area (Å²) in [7, 11) is 0. The van der Waals surface area contributed by atoms with Crippen LogP contribution in [0.1, 0.15) is 33.1 Å². The Balaban J connectivity index is 2.13. The van der Waals surface area contributed by atoms with Gasteiger partial charge < -0.3 is 10.1 Å². The molecule has 4 heteroatoms. The molecule has 0 unspecified atom stereocenters. The van der Waals surface area contributed by atoms with E-state index in [1.54, 1.807) is 0 Å². The first kappa shape index (κ1) is 14.9. The van der Waals surface area contributed by atoms with E-state index in [-0.39, 0.29) is 5.75 Å². The van der Waals surface area contributed by atoms with Gasteiger partial charge in [0.1, 0.15) is 0 Å². The number of nitrogens with one attached hydrogen (secondary N) is 1. The van der Waals surface area contributed by atoms with Crippen molar-refractivity contribution in [3.05, 3.63) is 29.8 Å². The molecule has 0 aliphatic heterocycles. The fraction of sp³-hybridized carbons (Fsp3) is 0.571. The molecule has 0 saturated heterocycles. The molecule has 0 radical (unpaired) electrons. The average Bonchev–Trinajstić information content (AvgIpc) is 2.32. The highest BCUT2D eigenvalue weighted by Crippen LogP contribution is 2.19. The van der Waals surface area contributed by atoms with Crippen LogP contribution in [-0.2, 0) is 0 Å². The highest BCUT2D eigenvalue weighted by Gasteiger charge is 2.07. The Morgan fingerprint density at radius 2 is 1.94 bits per heavy atom. The molecule has 0 aliphatic carbocycles. The summed E-state index contributed by atoms with van der Waals surface area (Å²) in [5.41, 5.74) is 0. The van der Waals surface area contributed by atoms with Crippen molar-refractivity contribution in [3.63, 3.8) is 0 Å². The van der Waals surface area contributed by atoms with E-state index < -0.39 is 11.6 Å². The van der Waals surface area contributed by atoms with Crippen molar-refractivity contribution in [2.24, 2.45) is 0 Å². The summed E-state index contributed by atoms with van der Waals surface area (Å²) in [5.74, 6) is -1.78. The third kappa shape index (κ3) is 5.45. The smallest absolute Gasteiger partial charge is 0.200 e. The van der Waals surface area contributed by atoms with E-state index in [4.69, 9.17) is 4.74 Å². The molecule has 0 saturated carbocycles. The fourth-order valence-corrected chi connectivity index (χ4v) is 1.57. The second-order valence-electron chi connectivity index (χ2n) is 4.57. The Labute approximate surface area is 107 Å². The Morgan fingerprint density at radius 1 is 1.17 bits per heavy atom. The van der Waals surface area contributed by atoms with E-state index in [9.17, 15) is 8.78 Å². The molecule has 0 spiro atoms. The third-order valence-electron chi connectivity index (χ3n) is 2.55. The Morgan fingerprint density at radius 3 is 2.67 bits per heavy atom. The molecular formula is C14H21F2NO. The highest BCUT2D eigenvalue weighted by molar-refractivity contribution is 5.24. The van der Waals surface area contributed by atoms with Crippen LogP contribution in [0.3, 0.4) is 0 Å². The molecule has 2 nitrogen and oxygen atoms in total. The topological polar surface area (TPSA) is 21.3 Å². The van der Waals surface area contributed by atoms with Gasteiger partial charge in [-0.15, -0.1) is 0 Å². The molecule has 1 aromatic rings. The molecule has 0 fully saturated rings. The second kappa shape index (κ2) is 8.03. The molecular weight excluding hydrogens is 236 g/mol. The number of hydrogen-bond acceptors (Lipinski definition) is 2. The van der Waals surface area contributed by atoms with Crippen LogP contribution >= 0.6 is 0 Å². The van der Waals surface area contributed by atoms with Crippen LogP contribution in [0, 0.1) is 11.6 Å². The zero-order valence-electron chi connectivity index (χ0n) is 11.0. The van der Waals surface area contributed by atoms with Crippen molar-refractivity contribution in [1.29, 1.82) is 0 Å². The maximum absolute atomic E-state index is 13.2. The van der Waals surface area contributed by atoms with Crippen molar-refractivity contribution < 1.29 is 13.5 Å². The predicted octanol–water partition coefficient (Wildman–Crippen LogP) is 3.51. The quantitative estimate of drug-likeness (QED) is 0.719. The van der Waals surface area contributed by atoms with Gasteiger partial charge in [0.05, 0.1) is 6.61 Å². The minimum Gasteiger partial charge on any atom is -0.490 e. The maximum atomic E-state index is 13.2. The first-order valence-corrected chi connectivity index (χ1v) is 6.41. The van der Waals surface area contributed by atoms with E-state index in [1.807, 2.05) is 0 Å². The van der Waals surface area contributed by atoms with Crippen LogP contribution in [0.15, 0.2) is 18.2 Å². The van der Waals surface area contributed by atoms with Crippen LogP contribution in [0.25, 0.3) is 0 Å². The minimum atomic E-state index is -0.904. The van der Waals surface area contributed by atoms with Gasteiger partial charge in [-0.25, -0.2) is 4.39 Å². The summed E-state index contributed by atoms with van der Waals surface area (Å²) in [6.07, 6.45) is 2.92. The summed E-state index contributed by atoms with van der Waals surface area (Å²) in [4.78, 5) is 0. The van der Waals surface area contributed by atoms with Gasteiger partial charge in [-0.05, 0) is 37.9 Å². The van der Waals surface area contributed by atoms with Crippen LogP contribution in [-0.4, -0.2) is 19.2 Å². The lowest BCUT2D eigenvalue weighted by Crippen LogP contribution is -2.23. The molecule has 0 bridgehead atoms. The van der Waals surface area contributed by atoms with E-state index in [0.717, 1.165) is 31.9 Å². The van der Waals surface area contributed by atoms with E-state index >= 15 is 0 Å². The first-order valence-electron chi connectivity index (χ1n) is 6.41. The molecule has 1 aromatic carbocycles. The van der Waals surface area contributed by atoms with E-state index in [2.05, 4.69) is 19.2 Å². The average molecular weight is 257 g/mol.